The topological polar surface area (TPSA) is 38.0 Å². The largest absolute Gasteiger partial charge is 0.427 e. The van der Waals surface area contributed by atoms with Gasteiger partial charge in [0.25, 0.3) is 0 Å². The van der Waals surface area contributed by atoms with E-state index in [9.17, 15) is 0 Å². The third-order valence-electron chi connectivity index (χ3n) is 0.443. The van der Waals surface area contributed by atoms with Gasteiger partial charge in [0.1, 0.15) is 0 Å². The minimum Gasteiger partial charge on any atom is -0.427 e. The van der Waals surface area contributed by atoms with E-state index in [-0.39, 0.29) is 0 Å². The molecule has 0 spiro atoms. The summed E-state index contributed by atoms with van der Waals surface area (Å²) >= 11 is 0. The average molecular weight is 83.1 g/mol. The second kappa shape index (κ2) is 1.01. The number of nitrogens with zero attached hydrogens (tertiary/aromatic N) is 2. The van der Waals surface area contributed by atoms with Crippen LogP contribution >= 0.6 is 0 Å². The van der Waals surface area contributed by atoms with E-state index < -0.39 is 0 Å². The lowest BCUT2D eigenvalue weighted by Gasteiger charge is -1.75. The van der Waals surface area contributed by atoms with Gasteiger partial charge >= 0.3 is 0 Å². The molecule has 0 unspecified atom stereocenters. The Morgan fingerprint density at radius 2 is 2.67 bits per heavy atom. The van der Waals surface area contributed by atoms with Gasteiger partial charge in [-0.3, -0.25) is 0 Å². The van der Waals surface area contributed by atoms with Crippen molar-refractivity contribution in [3.05, 3.63) is 18.7 Å². The molecule has 1 N–H and O–H groups in total. The van der Waals surface area contributed by atoms with Gasteiger partial charge in [0.2, 0.25) is 6.33 Å². The lowest BCUT2D eigenvalue weighted by molar-refractivity contribution is 0.183. The van der Waals surface area contributed by atoms with Gasteiger partial charge in [0.05, 0.1) is 6.20 Å². The lowest BCUT2D eigenvalue weighted by Crippen LogP contribution is -1.80. The Labute approximate surface area is 34.8 Å². The second-order valence-corrected chi connectivity index (χ2v) is 0.872. The van der Waals surface area contributed by atoms with E-state index in [0.29, 0.717) is 0 Å². The third kappa shape index (κ3) is 0.337. The van der Waals surface area contributed by atoms with Crippen molar-refractivity contribution in [2.75, 3.05) is 0 Å². The molecule has 0 amide bonds. The molecule has 0 saturated carbocycles. The first-order valence-electron chi connectivity index (χ1n) is 1.50. The highest BCUT2D eigenvalue weighted by atomic mass is 16.5. The van der Waals surface area contributed by atoms with Crippen molar-refractivity contribution in [1.82, 2.24) is 9.71 Å². The Hall–Kier alpha value is -0.990. The Morgan fingerprint density at radius 1 is 1.83 bits per heavy atom. The number of hydrogen-bond donors (Lipinski definition) is 1. The molecular formula is C3H3N2O. The zero-order chi connectivity index (χ0) is 4.41. The van der Waals surface area contributed by atoms with Gasteiger partial charge in [-0.2, -0.15) is 4.73 Å². The van der Waals surface area contributed by atoms with Gasteiger partial charge < -0.3 is 5.21 Å². The zero-order valence-electron chi connectivity index (χ0n) is 3.00. The molecule has 0 bridgehead atoms. The lowest BCUT2D eigenvalue weighted by atomic mass is 11.0. The summed E-state index contributed by atoms with van der Waals surface area (Å²) in [4.78, 5) is 3.41. The van der Waals surface area contributed by atoms with Crippen molar-refractivity contribution in [2.24, 2.45) is 0 Å². The van der Waals surface area contributed by atoms with Crippen LogP contribution in [-0.2, 0) is 0 Å². The Morgan fingerprint density at radius 3 is 2.83 bits per heavy atom. The maximum Gasteiger partial charge on any atom is 0.214 e. The van der Waals surface area contributed by atoms with Crippen LogP contribution in [0.5, 0.6) is 0 Å². The summed E-state index contributed by atoms with van der Waals surface area (Å²) in [6.07, 6.45) is 5.06. The number of rotatable bonds is 0. The standard InChI is InChI=1S/C3H3N2O/c6-5-2-1-4-3-5/h1-2,6H. The molecule has 1 aromatic rings. The molecular weight excluding hydrogens is 80.0 g/mol. The molecule has 0 aliphatic rings. The predicted octanol–water partition coefficient (Wildman–Crippen LogP) is -0.0794. The fourth-order valence-electron chi connectivity index (χ4n) is 0.222. The number of aromatic nitrogens is 2. The van der Waals surface area contributed by atoms with Gasteiger partial charge in [0, 0.05) is 6.20 Å². The number of hydrogen-bond acceptors (Lipinski definition) is 2. The molecule has 0 atom stereocenters. The molecule has 1 heterocycles. The maximum absolute atomic E-state index is 8.27. The molecule has 0 fully saturated rings. The van der Waals surface area contributed by atoms with Crippen molar-refractivity contribution in [3.8, 4) is 0 Å². The van der Waals surface area contributed by atoms with Crippen LogP contribution in [0.1, 0.15) is 0 Å². The highest BCUT2D eigenvalue weighted by molar-refractivity contribution is 4.66. The number of imidazole rings is 1. The van der Waals surface area contributed by atoms with Crippen molar-refractivity contribution in [1.29, 1.82) is 0 Å². The monoisotopic (exact) mass is 83.0 g/mol. The van der Waals surface area contributed by atoms with Crippen LogP contribution in [0.15, 0.2) is 12.4 Å². The minimum atomic E-state index is 0.764. The van der Waals surface area contributed by atoms with E-state index in [1.807, 2.05) is 0 Å². The van der Waals surface area contributed by atoms with Crippen LogP contribution in [0.4, 0.5) is 0 Å². The maximum atomic E-state index is 8.27. The first kappa shape index (κ1) is 3.21. The molecule has 1 radical (unpaired) electrons. The SMILES string of the molecule is On1[c]ncc1. The first-order valence-corrected chi connectivity index (χ1v) is 1.50. The Bertz CT molecular complexity index is 112. The second-order valence-electron chi connectivity index (χ2n) is 0.872. The summed E-state index contributed by atoms with van der Waals surface area (Å²) in [5, 5.41) is 8.27. The summed E-state index contributed by atoms with van der Waals surface area (Å²) in [7, 11) is 0. The average Bonchev–Trinajstić information content (AvgIpc) is 1.86. The van der Waals surface area contributed by atoms with E-state index in [1.165, 1.54) is 12.4 Å². The van der Waals surface area contributed by atoms with E-state index in [0.717, 1.165) is 4.73 Å². The molecule has 3 heteroatoms. The Kier molecular flexibility index (Phi) is 0.538. The van der Waals surface area contributed by atoms with Crippen molar-refractivity contribution in [3.63, 3.8) is 0 Å². The molecule has 3 nitrogen and oxygen atoms in total. The zero-order valence-corrected chi connectivity index (χ0v) is 3.00. The third-order valence-corrected chi connectivity index (χ3v) is 0.443. The molecule has 31 valence electrons. The van der Waals surface area contributed by atoms with Crippen LogP contribution in [0.3, 0.4) is 0 Å². The smallest absolute Gasteiger partial charge is 0.214 e. The molecule has 0 saturated heterocycles. The minimum absolute atomic E-state index is 0.764. The van der Waals surface area contributed by atoms with Crippen molar-refractivity contribution in [2.45, 2.75) is 0 Å². The van der Waals surface area contributed by atoms with E-state index in [2.05, 4.69) is 11.3 Å². The molecule has 1 aromatic heterocycles. The van der Waals surface area contributed by atoms with Gasteiger partial charge in [-0.1, -0.05) is 0 Å². The molecule has 1 rings (SSSR count). The molecule has 6 heavy (non-hydrogen) atoms. The van der Waals surface area contributed by atoms with Crippen LogP contribution in [0, 0.1) is 6.33 Å². The highest BCUT2D eigenvalue weighted by Gasteiger charge is 1.74. The fourth-order valence-corrected chi connectivity index (χ4v) is 0.222. The fraction of sp³-hybridized carbons (Fsp3) is 0. The van der Waals surface area contributed by atoms with Crippen molar-refractivity contribution >= 4 is 0 Å². The van der Waals surface area contributed by atoms with Gasteiger partial charge in [0.15, 0.2) is 0 Å². The molecule has 0 aliphatic carbocycles. The van der Waals surface area contributed by atoms with Crippen molar-refractivity contribution < 1.29 is 5.21 Å². The van der Waals surface area contributed by atoms with Gasteiger partial charge in [-0.25, -0.2) is 4.98 Å². The Balaban J connectivity index is 3.05. The summed E-state index contributed by atoms with van der Waals surface area (Å²) in [5.74, 6) is 0. The van der Waals surface area contributed by atoms with E-state index in [4.69, 9.17) is 5.21 Å². The van der Waals surface area contributed by atoms with E-state index >= 15 is 0 Å². The quantitative estimate of drug-likeness (QED) is 0.445. The van der Waals surface area contributed by atoms with Gasteiger partial charge in [-0.15, -0.1) is 0 Å². The van der Waals surface area contributed by atoms with Crippen LogP contribution in [-0.4, -0.2) is 14.9 Å². The van der Waals surface area contributed by atoms with Gasteiger partial charge in [-0.05, 0) is 0 Å². The van der Waals surface area contributed by atoms with E-state index in [1.54, 1.807) is 0 Å². The van der Waals surface area contributed by atoms with Crippen LogP contribution < -0.4 is 0 Å². The normalized spacial score (nSPS) is 8.67. The first-order chi connectivity index (χ1) is 2.89. The summed E-state index contributed by atoms with van der Waals surface area (Å²) in [6, 6.07) is 0. The van der Waals surface area contributed by atoms with Crippen LogP contribution in [0.2, 0.25) is 0 Å². The summed E-state index contributed by atoms with van der Waals surface area (Å²) < 4.78 is 0.764. The molecule has 0 aliphatic heterocycles. The highest BCUT2D eigenvalue weighted by Crippen LogP contribution is 1.71. The summed E-state index contributed by atoms with van der Waals surface area (Å²) in [6.45, 7) is 0. The van der Waals surface area contributed by atoms with Crippen LogP contribution in [0.25, 0.3) is 0 Å². The molecule has 0 aromatic carbocycles. The summed E-state index contributed by atoms with van der Waals surface area (Å²) in [5.41, 5.74) is 0. The predicted molar refractivity (Wildman–Crippen MR) is 18.2 cm³/mol.